The lowest BCUT2D eigenvalue weighted by atomic mass is 10.0. The fourth-order valence-corrected chi connectivity index (χ4v) is 2.42. The van der Waals surface area contributed by atoms with E-state index in [4.69, 9.17) is 4.74 Å². The van der Waals surface area contributed by atoms with Gasteiger partial charge in [0.05, 0.1) is 6.10 Å². The summed E-state index contributed by atoms with van der Waals surface area (Å²) in [7, 11) is 0. The molecule has 15 heavy (non-hydrogen) atoms. The first kappa shape index (κ1) is 10.9. The summed E-state index contributed by atoms with van der Waals surface area (Å²) < 4.78 is 5.47. The highest BCUT2D eigenvalue weighted by atomic mass is 32.1. The maximum absolute atomic E-state index is 10.9. The van der Waals surface area contributed by atoms with E-state index < -0.39 is 0 Å². The maximum Gasteiger partial charge on any atom is 0.304 e. The first-order valence-electron chi connectivity index (χ1n) is 5.25. The van der Waals surface area contributed by atoms with E-state index >= 15 is 0 Å². The highest BCUT2D eigenvalue weighted by Gasteiger charge is 2.18. The largest absolute Gasteiger partial charge is 0.378 e. The van der Waals surface area contributed by atoms with Crippen LogP contribution in [0.3, 0.4) is 0 Å². The molecule has 0 radical (unpaired) electrons. The van der Waals surface area contributed by atoms with Crippen LogP contribution in [0.25, 0.3) is 0 Å². The Morgan fingerprint density at radius 2 is 2.60 bits per heavy atom. The fraction of sp³-hybridized carbons (Fsp3) is 0.700. The molecule has 0 saturated carbocycles. The highest BCUT2D eigenvalue weighted by molar-refractivity contribution is 7.07. The van der Waals surface area contributed by atoms with Crippen molar-refractivity contribution in [3.8, 4) is 0 Å². The minimum Gasteiger partial charge on any atom is -0.378 e. The average molecular weight is 228 g/mol. The number of nitrogens with one attached hydrogen (secondary N) is 2. The molecule has 1 aromatic rings. The topological polar surface area (TPSA) is 54.1 Å². The minimum absolute atomic E-state index is 0.0205. The standard InChI is InChI=1S/C10H16N2O2S/c1-7-4-8(2-3-14-7)11-5-9-6-15-10(13)12-9/h6-8,11H,2-5H2,1H3,(H,12,13). The molecule has 0 bridgehead atoms. The van der Waals surface area contributed by atoms with Gasteiger partial charge in [-0.3, -0.25) is 4.79 Å². The zero-order valence-corrected chi connectivity index (χ0v) is 9.60. The van der Waals surface area contributed by atoms with Crippen LogP contribution < -0.4 is 10.2 Å². The predicted octanol–water partition coefficient (Wildman–Crippen LogP) is 1.09. The molecule has 1 fully saturated rings. The molecule has 2 atom stereocenters. The van der Waals surface area contributed by atoms with Crippen LogP contribution in [0.1, 0.15) is 25.5 Å². The van der Waals surface area contributed by atoms with Gasteiger partial charge in [-0.05, 0) is 19.8 Å². The molecule has 1 aliphatic rings. The lowest BCUT2D eigenvalue weighted by molar-refractivity contribution is 0.0130. The van der Waals surface area contributed by atoms with E-state index in [1.807, 2.05) is 5.38 Å². The first-order valence-corrected chi connectivity index (χ1v) is 6.13. The van der Waals surface area contributed by atoms with Crippen LogP contribution >= 0.6 is 11.3 Å². The SMILES string of the molecule is CC1CC(NCc2csc(=O)[nH]2)CCO1. The number of hydrogen-bond donors (Lipinski definition) is 2. The molecule has 1 aliphatic heterocycles. The van der Waals surface area contributed by atoms with Crippen molar-refractivity contribution in [1.82, 2.24) is 10.3 Å². The van der Waals surface area contributed by atoms with Crippen molar-refractivity contribution < 1.29 is 4.74 Å². The van der Waals surface area contributed by atoms with Crippen molar-refractivity contribution >= 4 is 11.3 Å². The predicted molar refractivity (Wildman–Crippen MR) is 60.2 cm³/mol. The van der Waals surface area contributed by atoms with Gasteiger partial charge in [0, 0.05) is 30.3 Å². The fourth-order valence-electron chi connectivity index (χ4n) is 1.84. The number of ether oxygens (including phenoxy) is 1. The van der Waals surface area contributed by atoms with Gasteiger partial charge in [0.25, 0.3) is 0 Å². The summed E-state index contributed by atoms with van der Waals surface area (Å²) in [6, 6.07) is 0.511. The molecule has 84 valence electrons. The molecule has 0 spiro atoms. The number of H-pyrrole nitrogens is 1. The first-order chi connectivity index (χ1) is 7.24. The Balaban J connectivity index is 1.80. The zero-order chi connectivity index (χ0) is 10.7. The van der Waals surface area contributed by atoms with Gasteiger partial charge in [0.15, 0.2) is 0 Å². The molecule has 2 heterocycles. The molecule has 2 N–H and O–H groups in total. The summed E-state index contributed by atoms with van der Waals surface area (Å²) in [6.45, 7) is 3.68. The van der Waals surface area contributed by atoms with Gasteiger partial charge < -0.3 is 15.0 Å². The number of hydrogen-bond acceptors (Lipinski definition) is 4. The lowest BCUT2D eigenvalue weighted by Crippen LogP contribution is -2.37. The van der Waals surface area contributed by atoms with E-state index in [2.05, 4.69) is 17.2 Å². The normalized spacial score (nSPS) is 26.7. The van der Waals surface area contributed by atoms with Crippen LogP contribution in [-0.4, -0.2) is 23.7 Å². The summed E-state index contributed by atoms with van der Waals surface area (Å²) in [6.07, 6.45) is 2.45. The van der Waals surface area contributed by atoms with Crippen molar-refractivity contribution in [3.05, 3.63) is 20.7 Å². The molecule has 4 nitrogen and oxygen atoms in total. The number of thiazole rings is 1. The van der Waals surface area contributed by atoms with Gasteiger partial charge in [-0.25, -0.2) is 0 Å². The van der Waals surface area contributed by atoms with E-state index in [9.17, 15) is 4.79 Å². The van der Waals surface area contributed by atoms with E-state index in [0.717, 1.165) is 31.7 Å². The second-order valence-electron chi connectivity index (χ2n) is 3.96. The molecule has 1 saturated heterocycles. The molecule has 0 aliphatic carbocycles. The Bertz CT molecular complexity index is 360. The molecule has 2 unspecified atom stereocenters. The summed E-state index contributed by atoms with van der Waals surface area (Å²) in [5, 5.41) is 5.31. The van der Waals surface area contributed by atoms with Crippen molar-refractivity contribution in [3.63, 3.8) is 0 Å². The van der Waals surface area contributed by atoms with Crippen LogP contribution in [0, 0.1) is 0 Å². The monoisotopic (exact) mass is 228 g/mol. The Morgan fingerprint density at radius 1 is 1.73 bits per heavy atom. The number of aromatic nitrogens is 1. The van der Waals surface area contributed by atoms with E-state index in [1.54, 1.807) is 0 Å². The number of aromatic amines is 1. The summed E-state index contributed by atoms with van der Waals surface area (Å²) in [4.78, 5) is 13.7. The molecule has 0 amide bonds. The molecule has 0 aromatic carbocycles. The summed E-state index contributed by atoms with van der Waals surface area (Å²) >= 11 is 1.22. The summed E-state index contributed by atoms with van der Waals surface area (Å²) in [5.74, 6) is 0. The second kappa shape index (κ2) is 4.92. The van der Waals surface area contributed by atoms with Crippen molar-refractivity contribution in [2.75, 3.05) is 6.61 Å². The van der Waals surface area contributed by atoms with Crippen LogP contribution in [0.4, 0.5) is 0 Å². The van der Waals surface area contributed by atoms with Crippen LogP contribution in [-0.2, 0) is 11.3 Å². The quantitative estimate of drug-likeness (QED) is 0.814. The van der Waals surface area contributed by atoms with Gasteiger partial charge in [-0.2, -0.15) is 0 Å². The van der Waals surface area contributed by atoms with Gasteiger partial charge in [-0.1, -0.05) is 11.3 Å². The van der Waals surface area contributed by atoms with Crippen molar-refractivity contribution in [2.45, 2.75) is 38.5 Å². The van der Waals surface area contributed by atoms with Gasteiger partial charge in [-0.15, -0.1) is 0 Å². The van der Waals surface area contributed by atoms with Gasteiger partial charge in [0.2, 0.25) is 0 Å². The van der Waals surface area contributed by atoms with Crippen LogP contribution in [0.15, 0.2) is 10.2 Å². The minimum atomic E-state index is 0.0205. The Labute approximate surface area is 92.7 Å². The third-order valence-electron chi connectivity index (χ3n) is 2.64. The Kier molecular flexibility index (Phi) is 3.56. The zero-order valence-electron chi connectivity index (χ0n) is 8.79. The average Bonchev–Trinajstić information content (AvgIpc) is 2.62. The summed E-state index contributed by atoms with van der Waals surface area (Å²) in [5.41, 5.74) is 0.976. The van der Waals surface area contributed by atoms with Crippen LogP contribution in [0.5, 0.6) is 0 Å². The van der Waals surface area contributed by atoms with E-state index in [1.165, 1.54) is 11.3 Å². The molecular formula is C10H16N2O2S. The second-order valence-corrected chi connectivity index (χ2v) is 4.80. The third kappa shape index (κ3) is 3.15. The highest BCUT2D eigenvalue weighted by Crippen LogP contribution is 2.13. The Morgan fingerprint density at radius 3 is 3.27 bits per heavy atom. The van der Waals surface area contributed by atoms with Crippen LogP contribution in [0.2, 0.25) is 0 Å². The molecule has 1 aromatic heterocycles. The van der Waals surface area contributed by atoms with Crippen molar-refractivity contribution in [1.29, 1.82) is 0 Å². The van der Waals surface area contributed by atoms with Crippen molar-refractivity contribution in [2.24, 2.45) is 0 Å². The molecule has 2 rings (SSSR count). The van der Waals surface area contributed by atoms with Gasteiger partial charge >= 0.3 is 4.87 Å². The van der Waals surface area contributed by atoms with E-state index in [-0.39, 0.29) is 4.87 Å². The molecular weight excluding hydrogens is 212 g/mol. The van der Waals surface area contributed by atoms with Gasteiger partial charge in [0.1, 0.15) is 0 Å². The maximum atomic E-state index is 10.9. The third-order valence-corrected chi connectivity index (χ3v) is 3.36. The van der Waals surface area contributed by atoms with E-state index in [0.29, 0.717) is 12.1 Å². The smallest absolute Gasteiger partial charge is 0.304 e. The lowest BCUT2D eigenvalue weighted by Gasteiger charge is -2.27. The number of rotatable bonds is 3. The molecule has 5 heteroatoms. The Hall–Kier alpha value is -0.650.